The molecule has 0 aliphatic rings. The lowest BCUT2D eigenvalue weighted by molar-refractivity contribution is 0.0952. The quantitative estimate of drug-likeness (QED) is 0.769. The molecule has 0 bridgehead atoms. The van der Waals surface area contributed by atoms with Crippen LogP contribution in [-0.4, -0.2) is 28.9 Å². The van der Waals surface area contributed by atoms with Gasteiger partial charge in [0.25, 0.3) is 11.5 Å². The number of hydrogen-bond donors (Lipinski definition) is 1. The lowest BCUT2D eigenvalue weighted by Crippen LogP contribution is -2.32. The number of methoxy groups -OCH3 is 1. The first-order valence-electron chi connectivity index (χ1n) is 7.46. The fourth-order valence-corrected chi connectivity index (χ4v) is 3.16. The minimum absolute atomic E-state index is 0.0436. The fourth-order valence-electron chi connectivity index (χ4n) is 2.49. The van der Waals surface area contributed by atoms with Crippen molar-refractivity contribution in [2.45, 2.75) is 13.3 Å². The molecule has 1 amide bonds. The average molecular weight is 343 g/mol. The highest BCUT2D eigenvalue weighted by Gasteiger charge is 2.13. The molecule has 0 radical (unpaired) electrons. The summed E-state index contributed by atoms with van der Waals surface area (Å²) in [6.07, 6.45) is 3.56. The number of aryl methyl sites for hydroxylation is 1. The molecule has 0 aliphatic carbocycles. The van der Waals surface area contributed by atoms with Crippen LogP contribution in [0, 0.1) is 6.92 Å². The summed E-state index contributed by atoms with van der Waals surface area (Å²) in [6, 6.07) is 5.91. The molecular weight excluding hydrogens is 326 g/mol. The Morgan fingerprint density at radius 2 is 2.25 bits per heavy atom. The summed E-state index contributed by atoms with van der Waals surface area (Å²) >= 11 is 1.35. The lowest BCUT2D eigenvalue weighted by Gasteiger charge is -2.10. The Morgan fingerprint density at radius 1 is 1.42 bits per heavy atom. The first-order chi connectivity index (χ1) is 11.6. The van der Waals surface area contributed by atoms with Gasteiger partial charge in [-0.2, -0.15) is 0 Å². The molecule has 3 aromatic rings. The third kappa shape index (κ3) is 3.16. The van der Waals surface area contributed by atoms with Crippen LogP contribution in [0.3, 0.4) is 0 Å². The molecule has 7 heteroatoms. The van der Waals surface area contributed by atoms with E-state index in [9.17, 15) is 9.59 Å². The zero-order chi connectivity index (χ0) is 17.1. The van der Waals surface area contributed by atoms with E-state index in [2.05, 4.69) is 10.3 Å². The van der Waals surface area contributed by atoms with E-state index in [1.54, 1.807) is 18.7 Å². The number of hydrogen-bond acceptors (Lipinski definition) is 5. The third-order valence-corrected chi connectivity index (χ3v) is 4.47. The molecule has 24 heavy (non-hydrogen) atoms. The minimum atomic E-state index is -0.417. The van der Waals surface area contributed by atoms with Gasteiger partial charge in [-0.1, -0.05) is 17.7 Å². The van der Waals surface area contributed by atoms with E-state index >= 15 is 0 Å². The summed E-state index contributed by atoms with van der Waals surface area (Å²) in [4.78, 5) is 29.2. The van der Waals surface area contributed by atoms with Crippen LogP contribution in [-0.2, 0) is 6.42 Å². The van der Waals surface area contributed by atoms with E-state index in [4.69, 9.17) is 4.74 Å². The zero-order valence-corrected chi connectivity index (χ0v) is 14.2. The summed E-state index contributed by atoms with van der Waals surface area (Å²) in [5.41, 5.74) is 1.83. The Hall–Kier alpha value is -2.67. The number of nitrogens with zero attached hydrogens (tertiary/aromatic N) is 2. The molecule has 0 fully saturated rings. The SMILES string of the molecule is COc1ccc(C)cc1CCNC(=O)c1cnc2sccn2c1=O. The highest BCUT2D eigenvalue weighted by molar-refractivity contribution is 7.15. The van der Waals surface area contributed by atoms with Crippen LogP contribution in [0.15, 0.2) is 40.8 Å². The molecule has 0 saturated heterocycles. The standard InChI is InChI=1S/C17H17N3O3S/c1-11-3-4-14(23-2)12(9-11)5-6-18-15(21)13-10-19-17-20(16(13)22)7-8-24-17/h3-4,7-10H,5-6H2,1-2H3,(H,18,21). The second kappa shape index (κ2) is 6.84. The van der Waals surface area contributed by atoms with Gasteiger partial charge in [0.1, 0.15) is 11.3 Å². The zero-order valence-electron chi connectivity index (χ0n) is 13.4. The number of aromatic nitrogens is 2. The number of carbonyl (C=O) groups excluding carboxylic acids is 1. The lowest BCUT2D eigenvalue weighted by atomic mass is 10.1. The van der Waals surface area contributed by atoms with Crippen molar-refractivity contribution in [1.29, 1.82) is 0 Å². The van der Waals surface area contributed by atoms with Gasteiger partial charge in [0.05, 0.1) is 7.11 Å². The van der Waals surface area contributed by atoms with E-state index in [-0.39, 0.29) is 11.1 Å². The van der Waals surface area contributed by atoms with Crippen molar-refractivity contribution in [2.75, 3.05) is 13.7 Å². The molecule has 124 valence electrons. The van der Waals surface area contributed by atoms with E-state index < -0.39 is 5.91 Å². The van der Waals surface area contributed by atoms with Crippen molar-refractivity contribution >= 4 is 22.2 Å². The van der Waals surface area contributed by atoms with E-state index in [1.165, 1.54) is 21.9 Å². The molecule has 2 heterocycles. The summed E-state index contributed by atoms with van der Waals surface area (Å²) in [7, 11) is 1.62. The number of nitrogens with one attached hydrogen (secondary N) is 1. The van der Waals surface area contributed by atoms with Crippen molar-refractivity contribution in [3.63, 3.8) is 0 Å². The largest absolute Gasteiger partial charge is 0.496 e. The van der Waals surface area contributed by atoms with Crippen molar-refractivity contribution in [3.8, 4) is 5.75 Å². The van der Waals surface area contributed by atoms with E-state index in [1.807, 2.05) is 25.1 Å². The van der Waals surface area contributed by atoms with Gasteiger partial charge in [-0.05, 0) is 25.0 Å². The molecule has 0 unspecified atom stereocenters. The first kappa shape index (κ1) is 16.2. The van der Waals surface area contributed by atoms with Gasteiger partial charge in [-0.25, -0.2) is 4.98 Å². The van der Waals surface area contributed by atoms with Gasteiger partial charge >= 0.3 is 0 Å². The third-order valence-electron chi connectivity index (χ3n) is 3.70. The number of fused-ring (bicyclic) bond motifs is 1. The summed E-state index contributed by atoms with van der Waals surface area (Å²) < 4.78 is 6.70. The maximum absolute atomic E-state index is 12.3. The predicted molar refractivity (Wildman–Crippen MR) is 93.1 cm³/mol. The van der Waals surface area contributed by atoms with Crippen LogP contribution < -0.4 is 15.6 Å². The predicted octanol–water partition coefficient (Wildman–Crippen LogP) is 2.05. The van der Waals surface area contributed by atoms with Gasteiger partial charge in [0, 0.05) is 24.3 Å². The molecular formula is C17H17N3O3S. The average Bonchev–Trinajstić information content (AvgIpc) is 3.05. The highest BCUT2D eigenvalue weighted by atomic mass is 32.1. The second-order valence-electron chi connectivity index (χ2n) is 5.35. The Labute approximate surface area is 142 Å². The van der Waals surface area contributed by atoms with Crippen LogP contribution in [0.5, 0.6) is 5.75 Å². The molecule has 0 aliphatic heterocycles. The number of thiazole rings is 1. The Bertz CT molecular complexity index is 946. The molecule has 2 aromatic heterocycles. The van der Waals surface area contributed by atoms with Crippen molar-refractivity contribution in [1.82, 2.24) is 14.7 Å². The van der Waals surface area contributed by atoms with Gasteiger partial charge in [0.2, 0.25) is 0 Å². The molecule has 0 atom stereocenters. The molecule has 0 spiro atoms. The molecule has 3 rings (SSSR count). The Morgan fingerprint density at radius 3 is 3.04 bits per heavy atom. The van der Waals surface area contributed by atoms with Crippen LogP contribution in [0.1, 0.15) is 21.5 Å². The maximum atomic E-state index is 12.3. The second-order valence-corrected chi connectivity index (χ2v) is 6.23. The van der Waals surface area contributed by atoms with Crippen LogP contribution in [0.2, 0.25) is 0 Å². The Kier molecular flexibility index (Phi) is 4.61. The van der Waals surface area contributed by atoms with Crippen molar-refractivity contribution < 1.29 is 9.53 Å². The van der Waals surface area contributed by atoms with Crippen molar-refractivity contribution in [3.05, 3.63) is 63.0 Å². The fraction of sp³-hybridized carbons (Fsp3) is 0.235. The molecule has 0 saturated carbocycles. The van der Waals surface area contributed by atoms with Gasteiger partial charge < -0.3 is 10.1 Å². The highest BCUT2D eigenvalue weighted by Crippen LogP contribution is 2.19. The van der Waals surface area contributed by atoms with E-state index in [0.29, 0.717) is 17.9 Å². The summed E-state index contributed by atoms with van der Waals surface area (Å²) in [5, 5.41) is 4.53. The van der Waals surface area contributed by atoms with Crippen molar-refractivity contribution in [2.24, 2.45) is 0 Å². The number of carbonyl (C=O) groups is 1. The summed E-state index contributed by atoms with van der Waals surface area (Å²) in [6.45, 7) is 2.41. The molecule has 6 nitrogen and oxygen atoms in total. The van der Waals surface area contributed by atoms with E-state index in [0.717, 1.165) is 16.9 Å². The van der Waals surface area contributed by atoms with Gasteiger partial charge in [0.15, 0.2) is 4.96 Å². The molecule has 1 N–H and O–H groups in total. The van der Waals surface area contributed by atoms with Crippen LogP contribution >= 0.6 is 11.3 Å². The van der Waals surface area contributed by atoms with Gasteiger partial charge in [-0.15, -0.1) is 11.3 Å². The molecule has 1 aromatic carbocycles. The number of ether oxygens (including phenoxy) is 1. The Balaban J connectivity index is 1.70. The normalized spacial score (nSPS) is 10.8. The first-order valence-corrected chi connectivity index (χ1v) is 8.34. The van der Waals surface area contributed by atoms with Crippen LogP contribution in [0.25, 0.3) is 4.96 Å². The monoisotopic (exact) mass is 343 g/mol. The smallest absolute Gasteiger partial charge is 0.271 e. The van der Waals surface area contributed by atoms with Gasteiger partial charge in [-0.3, -0.25) is 14.0 Å². The minimum Gasteiger partial charge on any atom is -0.496 e. The topological polar surface area (TPSA) is 72.7 Å². The summed E-state index contributed by atoms with van der Waals surface area (Å²) in [5.74, 6) is 0.371. The number of rotatable bonds is 5. The van der Waals surface area contributed by atoms with Crippen LogP contribution in [0.4, 0.5) is 0 Å². The maximum Gasteiger partial charge on any atom is 0.271 e. The number of benzene rings is 1. The number of amides is 1.